The van der Waals surface area contributed by atoms with Crippen LogP contribution in [0.4, 0.5) is 0 Å². The minimum absolute atomic E-state index is 0.0883. The summed E-state index contributed by atoms with van der Waals surface area (Å²) in [6, 6.07) is 14.3. The summed E-state index contributed by atoms with van der Waals surface area (Å²) < 4.78 is 33.9. The molecule has 0 bridgehead atoms. The van der Waals surface area contributed by atoms with Crippen LogP contribution in [0.5, 0.6) is 28.7 Å². The van der Waals surface area contributed by atoms with E-state index in [-0.39, 0.29) is 36.3 Å². The maximum absolute atomic E-state index is 13.4. The highest BCUT2D eigenvalue weighted by molar-refractivity contribution is 7.80. The van der Waals surface area contributed by atoms with Gasteiger partial charge in [-0.25, -0.2) is 0 Å². The van der Waals surface area contributed by atoms with Gasteiger partial charge in [0.05, 0.1) is 39.9 Å². The number of methoxy groups -OCH3 is 3. The van der Waals surface area contributed by atoms with E-state index in [0.29, 0.717) is 34.3 Å². The number of amides is 1. The van der Waals surface area contributed by atoms with E-state index in [2.05, 4.69) is 10.6 Å². The molecular weight excluding hydrogens is 560 g/mol. The zero-order chi connectivity index (χ0) is 29.5. The highest BCUT2D eigenvalue weighted by Crippen LogP contribution is 2.55. The SMILES string of the molecule is COc1cc([C@@H]2c3cc4c(cc3[C@@H](NC(=S)NC(=O)c3ccccc3C)[C@H]3COC(=O)[C@H]23)OCO4)cc(OC)c1OC. The monoisotopic (exact) mass is 590 g/mol. The molecule has 0 spiro atoms. The second-order valence-corrected chi connectivity index (χ2v) is 10.7. The third kappa shape index (κ3) is 4.63. The molecule has 1 amide bonds. The number of esters is 1. The van der Waals surface area contributed by atoms with Crippen LogP contribution < -0.4 is 34.3 Å². The van der Waals surface area contributed by atoms with Crippen molar-refractivity contribution < 1.29 is 38.0 Å². The first kappa shape index (κ1) is 27.6. The predicted molar refractivity (Wildman–Crippen MR) is 156 cm³/mol. The van der Waals surface area contributed by atoms with Gasteiger partial charge in [-0.15, -0.1) is 0 Å². The van der Waals surface area contributed by atoms with Crippen molar-refractivity contribution in [2.45, 2.75) is 18.9 Å². The molecule has 0 unspecified atom stereocenters. The fourth-order valence-corrected chi connectivity index (χ4v) is 6.42. The van der Waals surface area contributed by atoms with E-state index in [1.54, 1.807) is 26.4 Å². The Kier molecular flexibility index (Phi) is 7.28. The number of fused-ring (bicyclic) bond motifs is 3. The maximum Gasteiger partial charge on any atom is 0.310 e. The van der Waals surface area contributed by atoms with Gasteiger partial charge in [-0.1, -0.05) is 18.2 Å². The third-order valence-electron chi connectivity index (χ3n) is 8.14. The Labute approximate surface area is 248 Å². The van der Waals surface area contributed by atoms with Crippen molar-refractivity contribution in [3.8, 4) is 28.7 Å². The van der Waals surface area contributed by atoms with Gasteiger partial charge in [0.1, 0.15) is 0 Å². The second-order valence-electron chi connectivity index (χ2n) is 10.3. The third-order valence-corrected chi connectivity index (χ3v) is 8.36. The zero-order valence-corrected chi connectivity index (χ0v) is 24.3. The van der Waals surface area contributed by atoms with E-state index in [1.807, 2.05) is 43.3 Å². The average molecular weight is 591 g/mol. The predicted octanol–water partition coefficient (Wildman–Crippen LogP) is 4.03. The number of cyclic esters (lactones) is 1. The number of carbonyl (C=O) groups excluding carboxylic acids is 2. The molecule has 2 N–H and O–H groups in total. The highest BCUT2D eigenvalue weighted by atomic mass is 32.1. The number of rotatable bonds is 6. The van der Waals surface area contributed by atoms with E-state index in [1.165, 1.54) is 7.11 Å². The van der Waals surface area contributed by atoms with Crippen LogP contribution in [0, 0.1) is 18.8 Å². The normalized spacial score (nSPS) is 21.5. The summed E-state index contributed by atoms with van der Waals surface area (Å²) in [7, 11) is 4.64. The molecule has 3 aliphatic rings. The Morgan fingerprint density at radius 3 is 2.24 bits per heavy atom. The van der Waals surface area contributed by atoms with Crippen LogP contribution in [-0.2, 0) is 9.53 Å². The largest absolute Gasteiger partial charge is 0.493 e. The number of hydrogen-bond donors (Lipinski definition) is 2. The summed E-state index contributed by atoms with van der Waals surface area (Å²) >= 11 is 5.62. The molecule has 4 atom stereocenters. The Hall–Kier alpha value is -4.51. The number of benzene rings is 3. The molecule has 11 heteroatoms. The van der Waals surface area contributed by atoms with Crippen LogP contribution in [-0.4, -0.2) is 51.7 Å². The van der Waals surface area contributed by atoms with E-state index < -0.39 is 17.9 Å². The fraction of sp³-hybridized carbons (Fsp3) is 0.323. The van der Waals surface area contributed by atoms with Gasteiger partial charge in [-0.05, 0) is 71.7 Å². The van der Waals surface area contributed by atoms with Gasteiger partial charge in [0, 0.05) is 17.4 Å². The van der Waals surface area contributed by atoms with Crippen molar-refractivity contribution >= 4 is 29.2 Å². The average Bonchev–Trinajstić information content (AvgIpc) is 3.61. The molecular formula is C31H30N2O8S. The molecule has 0 radical (unpaired) electrons. The van der Waals surface area contributed by atoms with Crippen molar-refractivity contribution in [1.82, 2.24) is 10.6 Å². The van der Waals surface area contributed by atoms with Gasteiger partial charge < -0.3 is 33.7 Å². The summed E-state index contributed by atoms with van der Waals surface area (Å²) in [5, 5.41) is 6.25. The quantitative estimate of drug-likeness (QED) is 0.322. The molecule has 3 aromatic rings. The van der Waals surface area contributed by atoms with Gasteiger partial charge >= 0.3 is 5.97 Å². The summed E-state index contributed by atoms with van der Waals surface area (Å²) in [5.41, 5.74) is 3.82. The Morgan fingerprint density at radius 1 is 0.929 bits per heavy atom. The van der Waals surface area contributed by atoms with E-state index in [9.17, 15) is 9.59 Å². The van der Waals surface area contributed by atoms with E-state index in [4.69, 9.17) is 40.6 Å². The summed E-state index contributed by atoms with van der Waals surface area (Å²) in [6.45, 7) is 2.12. The molecule has 1 fully saturated rings. The first-order valence-electron chi connectivity index (χ1n) is 13.4. The van der Waals surface area contributed by atoms with Gasteiger partial charge in [0.2, 0.25) is 12.5 Å². The second kappa shape index (κ2) is 11.1. The first-order chi connectivity index (χ1) is 20.3. The molecule has 0 aromatic heterocycles. The minimum Gasteiger partial charge on any atom is -0.493 e. The van der Waals surface area contributed by atoms with Crippen LogP contribution >= 0.6 is 12.2 Å². The Morgan fingerprint density at radius 2 is 1.60 bits per heavy atom. The van der Waals surface area contributed by atoms with Crippen LogP contribution in [0.3, 0.4) is 0 Å². The molecule has 1 saturated heterocycles. The van der Waals surface area contributed by atoms with Crippen molar-refractivity contribution in [2.75, 3.05) is 34.7 Å². The topological polar surface area (TPSA) is 114 Å². The first-order valence-corrected chi connectivity index (χ1v) is 13.8. The molecule has 0 saturated carbocycles. The highest BCUT2D eigenvalue weighted by Gasteiger charge is 2.53. The van der Waals surface area contributed by atoms with Gasteiger partial charge in [0.25, 0.3) is 5.91 Å². The summed E-state index contributed by atoms with van der Waals surface area (Å²) in [6.07, 6.45) is 0. The molecule has 42 heavy (non-hydrogen) atoms. The molecule has 10 nitrogen and oxygen atoms in total. The molecule has 1 aliphatic carbocycles. The van der Waals surface area contributed by atoms with Crippen LogP contribution in [0.25, 0.3) is 0 Å². The lowest BCUT2D eigenvalue weighted by atomic mass is 9.65. The Balaban J connectivity index is 1.43. The standard InChI is InChI=1S/C31H30N2O8S/c1-15-7-5-6-8-17(15)29(34)33-31(42)32-27-19-12-22-21(40-14-41-22)11-18(19)25(26-20(27)13-39-30(26)35)16-9-23(36-2)28(38-4)24(10-16)37-3/h5-12,20,25-27H,13-14H2,1-4H3,(H2,32,33,34,42)/t20-,25+,26-,27+/m0/s1. The van der Waals surface area contributed by atoms with Crippen LogP contribution in [0.2, 0.25) is 0 Å². The van der Waals surface area contributed by atoms with Crippen molar-refractivity contribution in [3.63, 3.8) is 0 Å². The van der Waals surface area contributed by atoms with E-state index >= 15 is 0 Å². The lowest BCUT2D eigenvalue weighted by molar-refractivity contribution is -0.141. The van der Waals surface area contributed by atoms with Gasteiger partial charge in [0.15, 0.2) is 28.1 Å². The number of aryl methyl sites for hydroxylation is 1. The van der Waals surface area contributed by atoms with Crippen molar-refractivity contribution in [3.05, 3.63) is 76.3 Å². The number of nitrogens with one attached hydrogen (secondary N) is 2. The summed E-state index contributed by atoms with van der Waals surface area (Å²) in [4.78, 5) is 26.4. The van der Waals surface area contributed by atoms with Crippen molar-refractivity contribution in [1.29, 1.82) is 0 Å². The minimum atomic E-state index is -0.576. The zero-order valence-electron chi connectivity index (χ0n) is 23.5. The lowest BCUT2D eigenvalue weighted by Crippen LogP contribution is -2.47. The molecule has 2 heterocycles. The number of carbonyl (C=O) groups is 2. The van der Waals surface area contributed by atoms with Crippen LogP contribution in [0.1, 0.15) is 44.6 Å². The number of thiocarbonyl (C=S) groups is 1. The van der Waals surface area contributed by atoms with Gasteiger partial charge in [-0.2, -0.15) is 0 Å². The maximum atomic E-state index is 13.4. The number of hydrogen-bond acceptors (Lipinski definition) is 9. The number of ether oxygens (including phenoxy) is 6. The smallest absolute Gasteiger partial charge is 0.310 e. The molecule has 3 aromatic carbocycles. The Bertz CT molecular complexity index is 1570. The lowest BCUT2D eigenvalue weighted by Gasteiger charge is -2.40. The van der Waals surface area contributed by atoms with Crippen molar-refractivity contribution in [2.24, 2.45) is 11.8 Å². The summed E-state index contributed by atoms with van der Waals surface area (Å²) in [5.74, 6) is 0.571. The molecule has 2 aliphatic heterocycles. The van der Waals surface area contributed by atoms with Crippen LogP contribution in [0.15, 0.2) is 48.5 Å². The van der Waals surface area contributed by atoms with Gasteiger partial charge in [-0.3, -0.25) is 14.9 Å². The molecule has 6 rings (SSSR count). The fourth-order valence-electron chi connectivity index (χ4n) is 6.20. The molecule has 218 valence electrons. The van der Waals surface area contributed by atoms with E-state index in [0.717, 1.165) is 22.3 Å².